The van der Waals surface area contributed by atoms with Crippen LogP contribution >= 0.6 is 0 Å². The van der Waals surface area contributed by atoms with Crippen LogP contribution in [0.1, 0.15) is 72.4 Å². The number of nitrogens with zero attached hydrogens (tertiary/aromatic N) is 1. The third-order valence-corrected chi connectivity index (χ3v) is 8.52. The average Bonchev–Trinajstić information content (AvgIpc) is 3.10. The summed E-state index contributed by atoms with van der Waals surface area (Å²) in [6.45, 7) is 3.24. The fourth-order valence-electron chi connectivity index (χ4n) is 5.73. The quantitative estimate of drug-likeness (QED) is 0.155. The van der Waals surface area contributed by atoms with Crippen molar-refractivity contribution in [1.29, 1.82) is 0 Å². The molecule has 1 heterocycles. The van der Waals surface area contributed by atoms with Gasteiger partial charge in [0, 0.05) is 37.5 Å². The van der Waals surface area contributed by atoms with Gasteiger partial charge >= 0.3 is 5.97 Å². The maximum atomic E-state index is 12.0. The molecular weight excluding hydrogens is 580 g/mol. The van der Waals surface area contributed by atoms with E-state index in [1.165, 1.54) is 5.56 Å². The predicted octanol–water partition coefficient (Wildman–Crippen LogP) is 6.57. The minimum atomic E-state index is -0.992. The second kappa shape index (κ2) is 15.8. The first kappa shape index (κ1) is 33.0. The second-order valence-electron chi connectivity index (χ2n) is 11.9. The van der Waals surface area contributed by atoms with Gasteiger partial charge in [0.2, 0.25) is 5.91 Å². The smallest absolute Gasteiger partial charge is 0.303 e. The van der Waals surface area contributed by atoms with Crippen LogP contribution in [-0.2, 0) is 32.2 Å². The number of aliphatic carboxylic acids is 1. The van der Waals surface area contributed by atoms with Gasteiger partial charge in [0.1, 0.15) is 0 Å². The highest BCUT2D eigenvalue weighted by Crippen LogP contribution is 2.39. The van der Waals surface area contributed by atoms with Crippen LogP contribution in [0.15, 0.2) is 103 Å². The van der Waals surface area contributed by atoms with Gasteiger partial charge in [0.15, 0.2) is 6.29 Å². The lowest BCUT2D eigenvalue weighted by Gasteiger charge is -2.39. The normalized spacial score (nSPS) is 18.7. The van der Waals surface area contributed by atoms with E-state index in [1.807, 2.05) is 72.8 Å². The number of carboxylic acids is 1. The van der Waals surface area contributed by atoms with E-state index in [1.54, 1.807) is 0 Å². The fraction of sp³-hybridized carbons (Fsp3) is 0.316. The van der Waals surface area contributed by atoms with Gasteiger partial charge in [-0.1, -0.05) is 91.0 Å². The van der Waals surface area contributed by atoms with Crippen molar-refractivity contribution in [2.75, 3.05) is 13.6 Å². The number of ether oxygens (including phenoxy) is 2. The molecule has 1 saturated heterocycles. The number of nitrogens with one attached hydrogen (secondary N) is 1. The van der Waals surface area contributed by atoms with E-state index in [4.69, 9.17) is 14.6 Å². The molecule has 0 radical (unpaired) electrons. The Balaban J connectivity index is 1.34. The summed E-state index contributed by atoms with van der Waals surface area (Å²) in [5.41, 5.74) is 6.95. The molecule has 0 unspecified atom stereocenters. The molecule has 4 aromatic carbocycles. The molecule has 0 saturated carbocycles. The highest BCUT2D eigenvalue weighted by Gasteiger charge is 2.33. The lowest BCUT2D eigenvalue weighted by molar-refractivity contribution is -0.253. The Bertz CT molecular complexity index is 1590. The molecule has 5 rings (SSSR count). The summed E-state index contributed by atoms with van der Waals surface area (Å²) < 4.78 is 13.3. The number of aliphatic hydroxyl groups excluding tert-OH is 1. The molecule has 1 aliphatic heterocycles. The first-order valence-electron chi connectivity index (χ1n) is 15.7. The summed E-state index contributed by atoms with van der Waals surface area (Å²) in [6, 6.07) is 34.6. The third kappa shape index (κ3) is 8.89. The van der Waals surface area contributed by atoms with Gasteiger partial charge in [-0.25, -0.2) is 0 Å². The lowest BCUT2D eigenvalue weighted by atomic mass is 9.98. The van der Waals surface area contributed by atoms with Gasteiger partial charge < -0.3 is 25.0 Å². The van der Waals surface area contributed by atoms with Crippen molar-refractivity contribution in [2.45, 2.75) is 63.9 Å². The molecular formula is C38H42N2O6. The fourth-order valence-corrected chi connectivity index (χ4v) is 5.73. The summed E-state index contributed by atoms with van der Waals surface area (Å²) in [6.07, 6.45) is -0.406. The van der Waals surface area contributed by atoms with Gasteiger partial charge in [0.25, 0.3) is 0 Å². The van der Waals surface area contributed by atoms with Crippen molar-refractivity contribution in [3.63, 3.8) is 0 Å². The van der Waals surface area contributed by atoms with Crippen molar-refractivity contribution < 1.29 is 29.3 Å². The van der Waals surface area contributed by atoms with Crippen molar-refractivity contribution in [2.24, 2.45) is 0 Å². The van der Waals surface area contributed by atoms with E-state index in [2.05, 4.69) is 54.5 Å². The van der Waals surface area contributed by atoms with Crippen molar-refractivity contribution in [1.82, 2.24) is 10.2 Å². The number of hydrogen-bond donors (Lipinski definition) is 3. The maximum absolute atomic E-state index is 12.0. The minimum Gasteiger partial charge on any atom is -0.481 e. The zero-order valence-electron chi connectivity index (χ0n) is 26.3. The first-order chi connectivity index (χ1) is 22.3. The maximum Gasteiger partial charge on any atom is 0.303 e. The number of hydrogen-bond acceptors (Lipinski definition) is 6. The van der Waals surface area contributed by atoms with Crippen LogP contribution < -0.4 is 5.32 Å². The van der Waals surface area contributed by atoms with Crippen molar-refractivity contribution >= 4 is 11.9 Å². The molecule has 0 bridgehead atoms. The zero-order valence-corrected chi connectivity index (χ0v) is 26.3. The Morgan fingerprint density at radius 2 is 1.57 bits per heavy atom. The summed E-state index contributed by atoms with van der Waals surface area (Å²) >= 11 is 0. The number of carbonyl (C=O) groups excluding carboxylic acids is 1. The van der Waals surface area contributed by atoms with E-state index in [0.717, 1.165) is 39.9 Å². The average molecular weight is 623 g/mol. The number of rotatable bonds is 13. The standard InChI is InChI=1S/C38H42N2O6/c1-26(29-9-4-3-5-10-29)40(2)24-34-22-35(30-16-14-27(25-41)15-17-30)46-38(45-34)33-13-7-12-32(21-33)31-11-6-8-28(20-31)23-39-36(42)18-19-37(43)44/h3-17,20-21,26,34-35,38,41H,18-19,22-25H2,1-2H3,(H,39,42)(H,43,44)/t26-,34-,35+,38+/m0/s1. The summed E-state index contributed by atoms with van der Waals surface area (Å²) in [5, 5.41) is 21.2. The molecule has 4 aromatic rings. The Morgan fingerprint density at radius 1 is 0.848 bits per heavy atom. The molecule has 0 aromatic heterocycles. The molecule has 0 aliphatic carbocycles. The van der Waals surface area contributed by atoms with Crippen molar-refractivity contribution in [3.8, 4) is 11.1 Å². The molecule has 0 spiro atoms. The van der Waals surface area contributed by atoms with Crippen LogP contribution in [0.4, 0.5) is 0 Å². The topological polar surface area (TPSA) is 108 Å². The summed E-state index contributed by atoms with van der Waals surface area (Å²) in [4.78, 5) is 25.1. The van der Waals surface area contributed by atoms with Gasteiger partial charge in [-0.3, -0.25) is 14.5 Å². The predicted molar refractivity (Wildman–Crippen MR) is 177 cm³/mol. The molecule has 8 nitrogen and oxygen atoms in total. The third-order valence-electron chi connectivity index (χ3n) is 8.52. The number of carbonyl (C=O) groups is 2. The van der Waals surface area contributed by atoms with Crippen molar-refractivity contribution in [3.05, 3.63) is 131 Å². The van der Waals surface area contributed by atoms with E-state index >= 15 is 0 Å². The minimum absolute atomic E-state index is 0.00653. The highest BCUT2D eigenvalue weighted by atomic mass is 16.7. The SMILES string of the molecule is C[C@@H](c1ccccc1)N(C)C[C@@H]1C[C@H](c2ccc(CO)cc2)O[C@H](c2cccc(-c3cccc(CNC(=O)CCC(=O)O)c3)c2)O1. The van der Waals surface area contributed by atoms with E-state index in [0.29, 0.717) is 13.0 Å². The Kier molecular flexibility index (Phi) is 11.3. The van der Waals surface area contributed by atoms with Crippen LogP contribution in [0.2, 0.25) is 0 Å². The van der Waals surface area contributed by atoms with Gasteiger partial charge in [0.05, 0.1) is 25.2 Å². The van der Waals surface area contributed by atoms with Crippen LogP contribution in [-0.4, -0.2) is 46.7 Å². The van der Waals surface area contributed by atoms with Gasteiger partial charge in [-0.15, -0.1) is 0 Å². The Labute approximate surface area is 270 Å². The Morgan fingerprint density at radius 3 is 2.28 bits per heavy atom. The molecule has 1 aliphatic rings. The number of likely N-dealkylation sites (N-methyl/N-ethyl adjacent to an activating group) is 1. The van der Waals surface area contributed by atoms with Crippen LogP contribution in [0.3, 0.4) is 0 Å². The summed E-state index contributed by atoms with van der Waals surface area (Å²) in [7, 11) is 2.12. The van der Waals surface area contributed by atoms with E-state index in [9.17, 15) is 14.7 Å². The summed E-state index contributed by atoms with van der Waals surface area (Å²) in [5.74, 6) is -1.28. The largest absolute Gasteiger partial charge is 0.481 e. The Hall–Kier alpha value is -4.34. The lowest BCUT2D eigenvalue weighted by Crippen LogP contribution is -2.38. The molecule has 3 N–H and O–H groups in total. The molecule has 240 valence electrons. The van der Waals surface area contributed by atoms with Gasteiger partial charge in [-0.05, 0) is 59.5 Å². The van der Waals surface area contributed by atoms with Crippen LogP contribution in [0.5, 0.6) is 0 Å². The number of benzene rings is 4. The molecule has 1 fully saturated rings. The van der Waals surface area contributed by atoms with Crippen LogP contribution in [0, 0.1) is 0 Å². The highest BCUT2D eigenvalue weighted by molar-refractivity contribution is 5.80. The molecule has 4 atom stereocenters. The van der Waals surface area contributed by atoms with E-state index < -0.39 is 12.3 Å². The molecule has 1 amide bonds. The molecule has 8 heteroatoms. The zero-order chi connectivity index (χ0) is 32.5. The number of aliphatic hydroxyl groups is 1. The van der Waals surface area contributed by atoms with E-state index in [-0.39, 0.29) is 43.6 Å². The first-order valence-corrected chi connectivity index (χ1v) is 15.7. The number of carboxylic acid groups (broad SMARTS) is 1. The second-order valence-corrected chi connectivity index (χ2v) is 11.9. The van der Waals surface area contributed by atoms with Gasteiger partial charge in [-0.2, -0.15) is 0 Å². The monoisotopic (exact) mass is 622 g/mol. The van der Waals surface area contributed by atoms with Crippen LogP contribution in [0.25, 0.3) is 11.1 Å². The number of amides is 1. The molecule has 46 heavy (non-hydrogen) atoms.